The van der Waals surface area contributed by atoms with Crippen LogP contribution in [0.4, 0.5) is 17.1 Å². The summed E-state index contributed by atoms with van der Waals surface area (Å²) in [6, 6.07) is 22.9. The third-order valence-corrected chi connectivity index (χ3v) is 8.04. The second kappa shape index (κ2) is 9.96. The summed E-state index contributed by atoms with van der Waals surface area (Å²) < 4.78 is 0. The Hall–Kier alpha value is -2.74. The number of benzene rings is 3. The van der Waals surface area contributed by atoms with E-state index in [1.165, 1.54) is 44.9 Å². The number of fused-ring (bicyclic) bond motifs is 1. The fourth-order valence-corrected chi connectivity index (χ4v) is 5.95. The van der Waals surface area contributed by atoms with Crippen molar-refractivity contribution in [2.24, 2.45) is 0 Å². The van der Waals surface area contributed by atoms with Gasteiger partial charge in [0, 0.05) is 22.6 Å². The van der Waals surface area contributed by atoms with Gasteiger partial charge in [-0.1, -0.05) is 110 Å². The summed E-state index contributed by atoms with van der Waals surface area (Å²) in [7, 11) is 0. The molecular weight excluding hydrogens is 436 g/mol. The van der Waals surface area contributed by atoms with Crippen LogP contribution in [0.25, 0.3) is 0 Å². The fourth-order valence-electron chi connectivity index (χ4n) is 5.95. The van der Waals surface area contributed by atoms with E-state index in [2.05, 4.69) is 140 Å². The largest absolute Gasteiger partial charge is 0.344 e. The Balaban J connectivity index is 2.05. The highest BCUT2D eigenvalue weighted by Crippen LogP contribution is 2.50. The first-order chi connectivity index (χ1) is 17.0. The number of anilines is 3. The number of hydrogen-bond acceptors (Lipinski definition) is 2. The smallest absolute Gasteiger partial charge is 0.0960 e. The van der Waals surface area contributed by atoms with Crippen LogP contribution in [-0.4, -0.2) is 6.67 Å². The summed E-state index contributed by atoms with van der Waals surface area (Å²) in [5, 5.41) is 0. The molecule has 0 aromatic heterocycles. The molecule has 1 heterocycles. The van der Waals surface area contributed by atoms with Crippen molar-refractivity contribution < 1.29 is 0 Å². The second-order valence-corrected chi connectivity index (χ2v) is 12.3. The lowest BCUT2D eigenvalue weighted by Gasteiger charge is -2.52. The number of nitrogens with zero attached hydrogens (tertiary/aromatic N) is 2. The van der Waals surface area contributed by atoms with E-state index in [-0.39, 0.29) is 5.54 Å². The Morgan fingerprint density at radius 1 is 0.556 bits per heavy atom. The highest BCUT2D eigenvalue weighted by Gasteiger charge is 2.41. The first-order valence-electron chi connectivity index (χ1n) is 13.9. The van der Waals surface area contributed by atoms with E-state index in [1.807, 2.05) is 0 Å². The van der Waals surface area contributed by atoms with Crippen LogP contribution in [0.2, 0.25) is 0 Å². The minimum atomic E-state index is -0.146. The van der Waals surface area contributed by atoms with E-state index in [4.69, 9.17) is 0 Å². The summed E-state index contributed by atoms with van der Waals surface area (Å²) in [6.07, 6.45) is 0. The van der Waals surface area contributed by atoms with E-state index in [0.29, 0.717) is 23.7 Å². The van der Waals surface area contributed by atoms with Crippen LogP contribution in [0.15, 0.2) is 60.7 Å². The van der Waals surface area contributed by atoms with Crippen molar-refractivity contribution >= 4 is 17.1 Å². The van der Waals surface area contributed by atoms with E-state index < -0.39 is 0 Å². The predicted molar refractivity (Wildman–Crippen MR) is 158 cm³/mol. The third kappa shape index (κ3) is 4.44. The first-order valence-corrected chi connectivity index (χ1v) is 13.9. The maximum atomic E-state index is 2.70. The Kier molecular flexibility index (Phi) is 7.28. The first kappa shape index (κ1) is 26.3. The minimum Gasteiger partial charge on any atom is -0.344 e. The van der Waals surface area contributed by atoms with Gasteiger partial charge in [-0.3, -0.25) is 0 Å². The van der Waals surface area contributed by atoms with Gasteiger partial charge < -0.3 is 9.80 Å². The van der Waals surface area contributed by atoms with Crippen LogP contribution in [0.3, 0.4) is 0 Å². The molecule has 0 amide bonds. The molecule has 1 aliphatic heterocycles. The topological polar surface area (TPSA) is 6.48 Å². The van der Waals surface area contributed by atoms with Crippen molar-refractivity contribution in [1.82, 2.24) is 0 Å². The van der Waals surface area contributed by atoms with Crippen LogP contribution in [0.1, 0.15) is 121 Å². The molecule has 4 rings (SSSR count). The second-order valence-electron chi connectivity index (χ2n) is 12.3. The average molecular weight is 483 g/mol. The third-order valence-electron chi connectivity index (χ3n) is 8.04. The Labute approximate surface area is 220 Å². The lowest BCUT2D eigenvalue weighted by atomic mass is 9.83. The Morgan fingerprint density at radius 3 is 1.42 bits per heavy atom. The fraction of sp³-hybridized carbons (Fsp3) is 0.471. The normalized spacial score (nSPS) is 15.4. The van der Waals surface area contributed by atoms with Crippen LogP contribution in [-0.2, 0) is 5.54 Å². The molecule has 0 N–H and O–H groups in total. The van der Waals surface area contributed by atoms with Crippen molar-refractivity contribution in [3.05, 3.63) is 88.5 Å². The molecule has 3 aromatic rings. The average Bonchev–Trinajstić information content (AvgIpc) is 2.83. The highest BCUT2D eigenvalue weighted by atomic mass is 15.4. The molecule has 2 nitrogen and oxygen atoms in total. The molecule has 0 aliphatic carbocycles. The Morgan fingerprint density at radius 2 is 0.972 bits per heavy atom. The van der Waals surface area contributed by atoms with E-state index in [9.17, 15) is 0 Å². The standard InChI is InChI=1S/C34H46N2/c1-22(2)26-15-13-16-27(23(3)4)32(26)35-21-36(34(9,10)30-19-11-12-20-31(30)35)33-28(24(5)6)17-14-18-29(33)25(7)8/h11-20,22-25H,21H2,1-10H3. The molecule has 36 heavy (non-hydrogen) atoms. The summed E-state index contributed by atoms with van der Waals surface area (Å²) in [5.41, 5.74) is 11.1. The van der Waals surface area contributed by atoms with Gasteiger partial charge >= 0.3 is 0 Å². The maximum Gasteiger partial charge on any atom is 0.0960 e. The summed E-state index contributed by atoms with van der Waals surface area (Å²) in [6.45, 7) is 24.3. The van der Waals surface area contributed by atoms with Crippen molar-refractivity contribution in [2.45, 2.75) is 98.4 Å². The van der Waals surface area contributed by atoms with E-state index in [0.717, 1.165) is 6.67 Å². The van der Waals surface area contributed by atoms with Gasteiger partial charge in [0.1, 0.15) is 0 Å². The molecule has 1 aliphatic rings. The minimum absolute atomic E-state index is 0.146. The van der Waals surface area contributed by atoms with Crippen molar-refractivity contribution in [2.75, 3.05) is 16.5 Å². The van der Waals surface area contributed by atoms with Gasteiger partial charge in [0.2, 0.25) is 0 Å². The summed E-state index contributed by atoms with van der Waals surface area (Å²) in [5.74, 6) is 1.80. The SMILES string of the molecule is CC(C)c1cccc(C(C)C)c1N1CN(c2c(C(C)C)cccc2C(C)C)C(C)(C)c2ccccc21. The van der Waals surface area contributed by atoms with E-state index >= 15 is 0 Å². The summed E-state index contributed by atoms with van der Waals surface area (Å²) >= 11 is 0. The van der Waals surface area contributed by atoms with Crippen LogP contribution in [0.5, 0.6) is 0 Å². The van der Waals surface area contributed by atoms with Gasteiger partial charge in [0.15, 0.2) is 0 Å². The van der Waals surface area contributed by atoms with Crippen molar-refractivity contribution in [3.63, 3.8) is 0 Å². The molecule has 0 unspecified atom stereocenters. The molecule has 192 valence electrons. The van der Waals surface area contributed by atoms with Gasteiger partial charge in [-0.25, -0.2) is 0 Å². The van der Waals surface area contributed by atoms with Gasteiger partial charge in [-0.2, -0.15) is 0 Å². The lowest BCUT2D eigenvalue weighted by Crippen LogP contribution is -2.53. The molecule has 0 bridgehead atoms. The number of para-hydroxylation sites is 3. The van der Waals surface area contributed by atoms with E-state index in [1.54, 1.807) is 0 Å². The highest BCUT2D eigenvalue weighted by molar-refractivity contribution is 5.79. The number of rotatable bonds is 6. The van der Waals surface area contributed by atoms with Gasteiger partial charge in [-0.05, 0) is 65.8 Å². The Bertz CT molecular complexity index is 1160. The molecule has 3 aromatic carbocycles. The molecule has 0 spiro atoms. The van der Waals surface area contributed by atoms with Gasteiger partial charge in [0.25, 0.3) is 0 Å². The molecule has 0 atom stereocenters. The van der Waals surface area contributed by atoms with Crippen LogP contribution >= 0.6 is 0 Å². The van der Waals surface area contributed by atoms with Crippen molar-refractivity contribution in [1.29, 1.82) is 0 Å². The van der Waals surface area contributed by atoms with Crippen molar-refractivity contribution in [3.8, 4) is 0 Å². The van der Waals surface area contributed by atoms with Crippen LogP contribution in [0, 0.1) is 0 Å². The molecule has 0 saturated carbocycles. The maximum absolute atomic E-state index is 2.70. The zero-order valence-corrected chi connectivity index (χ0v) is 24.2. The summed E-state index contributed by atoms with van der Waals surface area (Å²) in [4.78, 5) is 5.31. The predicted octanol–water partition coefficient (Wildman–Crippen LogP) is 10.0. The zero-order valence-electron chi connectivity index (χ0n) is 24.2. The molecule has 0 radical (unpaired) electrons. The molecule has 2 heteroatoms. The number of hydrogen-bond donors (Lipinski definition) is 0. The van der Waals surface area contributed by atoms with Gasteiger partial charge in [0.05, 0.1) is 12.2 Å². The molecule has 0 fully saturated rings. The quantitative estimate of drug-likeness (QED) is 0.345. The monoisotopic (exact) mass is 482 g/mol. The lowest BCUT2D eigenvalue weighted by molar-refractivity contribution is 0.460. The van der Waals surface area contributed by atoms with Gasteiger partial charge in [-0.15, -0.1) is 0 Å². The molecular formula is C34H46N2. The van der Waals surface area contributed by atoms with Crippen LogP contribution < -0.4 is 9.80 Å². The zero-order chi connectivity index (χ0) is 26.4. The molecule has 0 saturated heterocycles.